The summed E-state index contributed by atoms with van der Waals surface area (Å²) in [5.41, 5.74) is 1.26. The molecule has 0 saturated heterocycles. The van der Waals surface area contributed by atoms with Crippen LogP contribution < -0.4 is 19.5 Å². The second kappa shape index (κ2) is 8.97. The first kappa shape index (κ1) is 21.6. The number of anilines is 1. The number of rotatable bonds is 8. The lowest BCUT2D eigenvalue weighted by Crippen LogP contribution is -2.40. The Balaban J connectivity index is 2.14. The van der Waals surface area contributed by atoms with E-state index in [9.17, 15) is 13.2 Å². The molecule has 0 radical (unpaired) electrons. The van der Waals surface area contributed by atoms with Crippen molar-refractivity contribution in [3.05, 3.63) is 48.0 Å². The Hall–Kier alpha value is -2.74. The van der Waals surface area contributed by atoms with Gasteiger partial charge in [-0.3, -0.25) is 9.52 Å². The second-order valence-corrected chi connectivity index (χ2v) is 8.39. The summed E-state index contributed by atoms with van der Waals surface area (Å²) in [7, 11) is -2.33. The molecule has 0 aliphatic carbocycles. The summed E-state index contributed by atoms with van der Waals surface area (Å²) in [5.74, 6) is 0.595. The topological polar surface area (TPSA) is 93.7 Å². The number of benzene rings is 2. The average Bonchev–Trinajstić information content (AvgIpc) is 2.61. The highest BCUT2D eigenvalue weighted by molar-refractivity contribution is 7.92. The number of aryl methyl sites for hydroxylation is 1. The molecule has 0 saturated carbocycles. The number of nitrogens with one attached hydrogen (secondary N) is 2. The average molecular weight is 407 g/mol. The maximum atomic E-state index is 12.7. The predicted molar refractivity (Wildman–Crippen MR) is 108 cm³/mol. The highest BCUT2D eigenvalue weighted by Gasteiger charge is 2.18. The lowest BCUT2D eigenvalue weighted by atomic mass is 10.2. The van der Waals surface area contributed by atoms with Crippen molar-refractivity contribution in [2.24, 2.45) is 0 Å². The Labute approximate surface area is 166 Å². The summed E-state index contributed by atoms with van der Waals surface area (Å²) >= 11 is 0. The number of amides is 1. The molecule has 0 aliphatic rings. The van der Waals surface area contributed by atoms with E-state index in [1.807, 2.05) is 26.8 Å². The number of carbonyl (C=O) groups excluding carboxylic acids is 1. The smallest absolute Gasteiger partial charge is 0.262 e. The largest absolute Gasteiger partial charge is 0.495 e. The number of hydrogen-bond acceptors (Lipinski definition) is 5. The lowest BCUT2D eigenvalue weighted by Gasteiger charge is -2.17. The van der Waals surface area contributed by atoms with Crippen LogP contribution in [0.4, 0.5) is 5.69 Å². The fraction of sp³-hybridized carbons (Fsp3) is 0.350. The second-order valence-electron chi connectivity index (χ2n) is 6.70. The molecule has 0 aliphatic heterocycles. The molecule has 2 rings (SSSR count). The summed E-state index contributed by atoms with van der Waals surface area (Å²) in [4.78, 5) is 12.0. The molecule has 0 spiro atoms. The van der Waals surface area contributed by atoms with Crippen LogP contribution >= 0.6 is 0 Å². The first-order chi connectivity index (χ1) is 13.1. The molecule has 0 unspecified atom stereocenters. The molecule has 2 aromatic carbocycles. The van der Waals surface area contributed by atoms with Gasteiger partial charge in [0.1, 0.15) is 11.5 Å². The van der Waals surface area contributed by atoms with Crippen molar-refractivity contribution in [3.63, 3.8) is 0 Å². The zero-order valence-corrected chi connectivity index (χ0v) is 17.5. The summed E-state index contributed by atoms with van der Waals surface area (Å²) in [5, 5.41) is 2.76. The third-order valence-electron chi connectivity index (χ3n) is 3.85. The maximum absolute atomic E-state index is 12.7. The van der Waals surface area contributed by atoms with Crippen LogP contribution in [-0.4, -0.2) is 33.6 Å². The number of ether oxygens (including phenoxy) is 2. The van der Waals surface area contributed by atoms with Crippen LogP contribution in [-0.2, 0) is 14.8 Å². The molecule has 0 bridgehead atoms. The fourth-order valence-electron chi connectivity index (χ4n) is 2.46. The van der Waals surface area contributed by atoms with E-state index in [-0.39, 0.29) is 16.8 Å². The van der Waals surface area contributed by atoms with Gasteiger partial charge in [0.2, 0.25) is 0 Å². The molecule has 2 aromatic rings. The number of sulfonamides is 1. The van der Waals surface area contributed by atoms with Crippen LogP contribution in [0.15, 0.2) is 47.4 Å². The number of methoxy groups -OCH3 is 1. The van der Waals surface area contributed by atoms with Crippen LogP contribution in [0.5, 0.6) is 11.5 Å². The molecule has 8 heteroatoms. The molecule has 2 N–H and O–H groups in total. The third kappa shape index (κ3) is 5.63. The normalized spacial score (nSPS) is 12.4. The molecule has 152 valence electrons. The standard InChI is InChI=1S/C20H26N2O5S/c1-13(2)21-20(23)15(4)27-16-7-9-17(10-8-16)28(24,25)22-18-12-14(3)6-11-19(18)26-5/h6-13,15,22H,1-5H3,(H,21,23)/t15-/m0/s1. The van der Waals surface area contributed by atoms with Gasteiger partial charge in [-0.1, -0.05) is 6.07 Å². The van der Waals surface area contributed by atoms with Crippen molar-refractivity contribution < 1.29 is 22.7 Å². The van der Waals surface area contributed by atoms with Gasteiger partial charge in [-0.05, 0) is 69.7 Å². The molecule has 0 fully saturated rings. The van der Waals surface area contributed by atoms with Crippen molar-refractivity contribution in [2.75, 3.05) is 11.8 Å². The lowest BCUT2D eigenvalue weighted by molar-refractivity contribution is -0.127. The Kier molecular flexibility index (Phi) is 6.90. The van der Waals surface area contributed by atoms with E-state index in [1.165, 1.54) is 31.4 Å². The summed E-state index contributed by atoms with van der Waals surface area (Å²) < 4.78 is 38.7. The minimum absolute atomic E-state index is 0.00996. The molecule has 0 heterocycles. The van der Waals surface area contributed by atoms with Crippen LogP contribution in [0.1, 0.15) is 26.3 Å². The molecule has 0 aromatic heterocycles. The van der Waals surface area contributed by atoms with Gasteiger partial charge in [0.25, 0.3) is 15.9 Å². The zero-order chi connectivity index (χ0) is 20.9. The van der Waals surface area contributed by atoms with Crippen LogP contribution in [0.3, 0.4) is 0 Å². The van der Waals surface area contributed by atoms with Gasteiger partial charge >= 0.3 is 0 Å². The molecule has 1 atom stereocenters. The van der Waals surface area contributed by atoms with E-state index in [4.69, 9.17) is 9.47 Å². The first-order valence-electron chi connectivity index (χ1n) is 8.87. The maximum Gasteiger partial charge on any atom is 0.262 e. The van der Waals surface area contributed by atoms with Crippen LogP contribution in [0.25, 0.3) is 0 Å². The van der Waals surface area contributed by atoms with Crippen LogP contribution in [0.2, 0.25) is 0 Å². The quantitative estimate of drug-likeness (QED) is 0.703. The summed E-state index contributed by atoms with van der Waals surface area (Å²) in [6.07, 6.45) is -0.695. The summed E-state index contributed by atoms with van der Waals surface area (Å²) in [6, 6.07) is 11.1. The Morgan fingerprint density at radius 2 is 1.68 bits per heavy atom. The van der Waals surface area contributed by atoms with Gasteiger partial charge in [-0.25, -0.2) is 8.42 Å². The van der Waals surface area contributed by atoms with Gasteiger partial charge in [0.05, 0.1) is 17.7 Å². The Bertz CT molecular complexity index is 924. The van der Waals surface area contributed by atoms with E-state index in [1.54, 1.807) is 19.1 Å². The monoisotopic (exact) mass is 406 g/mol. The van der Waals surface area contributed by atoms with E-state index >= 15 is 0 Å². The molecular formula is C20H26N2O5S. The molecule has 7 nitrogen and oxygen atoms in total. The Morgan fingerprint density at radius 1 is 1.04 bits per heavy atom. The predicted octanol–water partition coefficient (Wildman–Crippen LogP) is 3.10. The third-order valence-corrected chi connectivity index (χ3v) is 5.23. The minimum atomic E-state index is -3.80. The van der Waals surface area contributed by atoms with Crippen molar-refractivity contribution in [2.45, 2.75) is 44.7 Å². The number of hydrogen-bond donors (Lipinski definition) is 2. The van der Waals surface area contributed by atoms with Gasteiger partial charge in [-0.15, -0.1) is 0 Å². The Morgan fingerprint density at radius 3 is 2.25 bits per heavy atom. The van der Waals surface area contributed by atoms with E-state index in [2.05, 4.69) is 10.0 Å². The number of carbonyl (C=O) groups is 1. The van der Waals surface area contributed by atoms with Crippen molar-refractivity contribution >= 4 is 21.6 Å². The highest BCUT2D eigenvalue weighted by Crippen LogP contribution is 2.28. The van der Waals surface area contributed by atoms with Crippen molar-refractivity contribution in [1.29, 1.82) is 0 Å². The van der Waals surface area contributed by atoms with Crippen molar-refractivity contribution in [3.8, 4) is 11.5 Å². The van der Waals surface area contributed by atoms with E-state index in [0.29, 0.717) is 17.2 Å². The van der Waals surface area contributed by atoms with Gasteiger partial charge in [0.15, 0.2) is 6.10 Å². The molecule has 28 heavy (non-hydrogen) atoms. The van der Waals surface area contributed by atoms with Crippen LogP contribution in [0, 0.1) is 6.92 Å². The van der Waals surface area contributed by atoms with E-state index in [0.717, 1.165) is 5.56 Å². The zero-order valence-electron chi connectivity index (χ0n) is 16.6. The van der Waals surface area contributed by atoms with Gasteiger partial charge in [-0.2, -0.15) is 0 Å². The highest BCUT2D eigenvalue weighted by atomic mass is 32.2. The molecular weight excluding hydrogens is 380 g/mol. The SMILES string of the molecule is COc1ccc(C)cc1NS(=O)(=O)c1ccc(O[C@@H](C)C(=O)NC(C)C)cc1. The molecule has 1 amide bonds. The van der Waals surface area contributed by atoms with E-state index < -0.39 is 16.1 Å². The van der Waals surface area contributed by atoms with Gasteiger partial charge < -0.3 is 14.8 Å². The van der Waals surface area contributed by atoms with Gasteiger partial charge in [0, 0.05) is 6.04 Å². The summed E-state index contributed by atoms with van der Waals surface area (Å²) in [6.45, 7) is 7.22. The fourth-order valence-corrected chi connectivity index (χ4v) is 3.52. The van der Waals surface area contributed by atoms with Crippen molar-refractivity contribution in [1.82, 2.24) is 5.32 Å². The first-order valence-corrected chi connectivity index (χ1v) is 10.3. The minimum Gasteiger partial charge on any atom is -0.495 e.